The molecule has 2 heterocycles. The van der Waals surface area contributed by atoms with Crippen molar-refractivity contribution in [2.45, 2.75) is 19.4 Å². The number of H-pyrrole nitrogens is 1. The molecule has 2 N–H and O–H groups in total. The van der Waals surface area contributed by atoms with E-state index < -0.39 is 0 Å². The molecule has 1 aromatic heterocycles. The standard InChI is InChI=1S/C28H25Cl2N3O2/c29-21-10-8-18(9-11-21)16-31-27(34)20-7-4-14-33(17-20)26-25(19-5-2-1-3-6-19)23-15-22(30)12-13-24(23)32-28(26)35/h1-3,5-6,8-13,15,20H,4,7,14,16-17H2,(H,31,34)(H,32,35). The lowest BCUT2D eigenvalue weighted by Crippen LogP contribution is -2.44. The summed E-state index contributed by atoms with van der Waals surface area (Å²) in [5.74, 6) is -0.222. The first-order valence-electron chi connectivity index (χ1n) is 11.7. The minimum atomic E-state index is -0.214. The number of aromatic amines is 1. The highest BCUT2D eigenvalue weighted by atomic mass is 35.5. The number of amides is 1. The second-order valence-corrected chi connectivity index (χ2v) is 9.74. The summed E-state index contributed by atoms with van der Waals surface area (Å²) < 4.78 is 0. The molecule has 0 aliphatic carbocycles. The zero-order valence-corrected chi connectivity index (χ0v) is 20.6. The fourth-order valence-electron chi connectivity index (χ4n) is 4.78. The second kappa shape index (κ2) is 10.1. The average Bonchev–Trinajstić information content (AvgIpc) is 2.88. The van der Waals surface area contributed by atoms with Crippen molar-refractivity contribution in [3.8, 4) is 11.1 Å². The lowest BCUT2D eigenvalue weighted by molar-refractivity contribution is -0.125. The van der Waals surface area contributed by atoms with E-state index in [1.165, 1.54) is 0 Å². The lowest BCUT2D eigenvalue weighted by Gasteiger charge is -2.34. The zero-order chi connectivity index (χ0) is 24.4. The number of halogens is 2. The number of rotatable bonds is 5. The van der Waals surface area contributed by atoms with E-state index in [4.69, 9.17) is 23.2 Å². The molecule has 1 aliphatic heterocycles. The number of pyridine rings is 1. The molecule has 5 nitrogen and oxygen atoms in total. The van der Waals surface area contributed by atoms with Gasteiger partial charge in [0.05, 0.1) is 5.92 Å². The SMILES string of the molecule is O=C(NCc1ccc(Cl)cc1)C1CCCN(c2c(-c3ccccc3)c3cc(Cl)ccc3[nH]c2=O)C1. The van der Waals surface area contributed by atoms with Crippen LogP contribution in [0.4, 0.5) is 5.69 Å². The summed E-state index contributed by atoms with van der Waals surface area (Å²) in [7, 11) is 0. The quantitative estimate of drug-likeness (QED) is 0.347. The van der Waals surface area contributed by atoms with E-state index in [9.17, 15) is 9.59 Å². The molecule has 1 unspecified atom stereocenters. The summed E-state index contributed by atoms with van der Waals surface area (Å²) >= 11 is 12.3. The molecule has 1 amide bonds. The maximum Gasteiger partial charge on any atom is 0.272 e. The monoisotopic (exact) mass is 505 g/mol. The predicted octanol–water partition coefficient (Wildman–Crippen LogP) is 6.03. The van der Waals surface area contributed by atoms with Crippen LogP contribution in [0.3, 0.4) is 0 Å². The van der Waals surface area contributed by atoms with Gasteiger partial charge in [-0.2, -0.15) is 0 Å². The third-order valence-electron chi connectivity index (χ3n) is 6.50. The maximum atomic E-state index is 13.4. The van der Waals surface area contributed by atoms with E-state index >= 15 is 0 Å². The Bertz CT molecular complexity index is 1420. The van der Waals surface area contributed by atoms with E-state index in [2.05, 4.69) is 15.2 Å². The molecule has 0 saturated carbocycles. The van der Waals surface area contributed by atoms with Gasteiger partial charge in [-0.25, -0.2) is 0 Å². The lowest BCUT2D eigenvalue weighted by atomic mass is 9.94. The number of aromatic nitrogens is 1. The maximum absolute atomic E-state index is 13.4. The van der Waals surface area contributed by atoms with Gasteiger partial charge < -0.3 is 15.2 Å². The first-order valence-corrected chi connectivity index (χ1v) is 12.4. The molecule has 0 radical (unpaired) electrons. The molecule has 1 aliphatic rings. The Balaban J connectivity index is 1.46. The highest BCUT2D eigenvalue weighted by Gasteiger charge is 2.29. The van der Waals surface area contributed by atoms with Gasteiger partial charge in [-0.1, -0.05) is 65.7 Å². The minimum absolute atomic E-state index is 0.00817. The van der Waals surface area contributed by atoms with Crippen LogP contribution in [0.15, 0.2) is 77.6 Å². The zero-order valence-electron chi connectivity index (χ0n) is 19.1. The van der Waals surface area contributed by atoms with Gasteiger partial charge in [0.15, 0.2) is 0 Å². The van der Waals surface area contributed by atoms with Crippen molar-refractivity contribution >= 4 is 45.7 Å². The van der Waals surface area contributed by atoms with Gasteiger partial charge in [0, 0.05) is 46.1 Å². The van der Waals surface area contributed by atoms with Gasteiger partial charge in [0.2, 0.25) is 5.91 Å². The minimum Gasteiger partial charge on any atom is -0.366 e. The van der Waals surface area contributed by atoms with Gasteiger partial charge in [-0.3, -0.25) is 9.59 Å². The van der Waals surface area contributed by atoms with Crippen molar-refractivity contribution in [2.75, 3.05) is 18.0 Å². The van der Waals surface area contributed by atoms with Crippen LogP contribution in [0.5, 0.6) is 0 Å². The smallest absolute Gasteiger partial charge is 0.272 e. The number of fused-ring (bicyclic) bond motifs is 1. The normalized spacial score (nSPS) is 15.8. The van der Waals surface area contributed by atoms with Gasteiger partial charge in [-0.05, 0) is 54.3 Å². The van der Waals surface area contributed by atoms with Gasteiger partial charge in [0.1, 0.15) is 5.69 Å². The summed E-state index contributed by atoms with van der Waals surface area (Å²) in [5, 5.41) is 5.20. The first-order chi connectivity index (χ1) is 17.0. The summed E-state index contributed by atoms with van der Waals surface area (Å²) in [6.45, 7) is 1.62. The van der Waals surface area contributed by atoms with Crippen LogP contribution in [0.1, 0.15) is 18.4 Å². The van der Waals surface area contributed by atoms with E-state index in [1.807, 2.05) is 66.7 Å². The third-order valence-corrected chi connectivity index (χ3v) is 6.99. The average molecular weight is 506 g/mol. The Morgan fingerprint density at radius 2 is 1.74 bits per heavy atom. The van der Waals surface area contributed by atoms with E-state index in [1.54, 1.807) is 6.07 Å². The first kappa shape index (κ1) is 23.5. The van der Waals surface area contributed by atoms with Crippen LogP contribution in [-0.4, -0.2) is 24.0 Å². The topological polar surface area (TPSA) is 65.2 Å². The molecule has 3 aromatic carbocycles. The summed E-state index contributed by atoms with van der Waals surface area (Å²) in [6, 6.07) is 22.8. The Kier molecular flexibility index (Phi) is 6.80. The van der Waals surface area contributed by atoms with Crippen LogP contribution in [0, 0.1) is 5.92 Å². The van der Waals surface area contributed by atoms with Crippen molar-refractivity contribution in [3.63, 3.8) is 0 Å². The van der Waals surface area contributed by atoms with Crippen molar-refractivity contribution in [1.29, 1.82) is 0 Å². The number of carbonyl (C=O) groups excluding carboxylic acids is 1. The van der Waals surface area contributed by atoms with Crippen LogP contribution >= 0.6 is 23.2 Å². The molecule has 0 spiro atoms. The van der Waals surface area contributed by atoms with Gasteiger partial charge in [-0.15, -0.1) is 0 Å². The summed E-state index contributed by atoms with van der Waals surface area (Å²) in [6.07, 6.45) is 1.60. The Morgan fingerprint density at radius 1 is 1.00 bits per heavy atom. The van der Waals surface area contributed by atoms with Crippen LogP contribution in [-0.2, 0) is 11.3 Å². The Morgan fingerprint density at radius 3 is 2.51 bits per heavy atom. The molecule has 1 saturated heterocycles. The largest absolute Gasteiger partial charge is 0.366 e. The van der Waals surface area contributed by atoms with Crippen LogP contribution in [0.2, 0.25) is 10.0 Å². The third kappa shape index (κ3) is 5.07. The molecular weight excluding hydrogens is 481 g/mol. The molecule has 35 heavy (non-hydrogen) atoms. The van der Waals surface area contributed by atoms with Gasteiger partial charge >= 0.3 is 0 Å². The molecule has 178 valence electrons. The van der Waals surface area contributed by atoms with Crippen molar-refractivity contribution in [2.24, 2.45) is 5.92 Å². The number of piperidine rings is 1. The van der Waals surface area contributed by atoms with Crippen LogP contribution in [0.25, 0.3) is 22.0 Å². The van der Waals surface area contributed by atoms with E-state index in [0.29, 0.717) is 35.4 Å². The summed E-state index contributed by atoms with van der Waals surface area (Å²) in [4.78, 5) is 31.5. The van der Waals surface area contributed by atoms with E-state index in [0.717, 1.165) is 40.4 Å². The van der Waals surface area contributed by atoms with Crippen molar-refractivity contribution in [1.82, 2.24) is 10.3 Å². The molecule has 7 heteroatoms. The molecular formula is C28H25Cl2N3O2. The highest BCUT2D eigenvalue weighted by molar-refractivity contribution is 6.31. The molecule has 1 atom stereocenters. The predicted molar refractivity (Wildman–Crippen MR) is 143 cm³/mol. The van der Waals surface area contributed by atoms with Crippen molar-refractivity contribution in [3.05, 3.63) is 98.8 Å². The molecule has 5 rings (SSSR count). The van der Waals surface area contributed by atoms with Crippen LogP contribution < -0.4 is 15.8 Å². The molecule has 1 fully saturated rings. The fourth-order valence-corrected chi connectivity index (χ4v) is 5.08. The number of carbonyl (C=O) groups is 1. The summed E-state index contributed by atoms with van der Waals surface area (Å²) in [5.41, 5.74) is 3.92. The number of nitrogens with zero attached hydrogens (tertiary/aromatic N) is 1. The van der Waals surface area contributed by atoms with Crippen molar-refractivity contribution < 1.29 is 4.79 Å². The van der Waals surface area contributed by atoms with E-state index in [-0.39, 0.29) is 17.4 Å². The molecule has 4 aromatic rings. The number of benzene rings is 3. The number of hydrogen-bond acceptors (Lipinski definition) is 3. The Hall–Kier alpha value is -3.28. The number of hydrogen-bond donors (Lipinski definition) is 2. The number of nitrogens with one attached hydrogen (secondary N) is 2. The Labute approximate surface area is 213 Å². The number of anilines is 1. The van der Waals surface area contributed by atoms with Gasteiger partial charge in [0.25, 0.3) is 5.56 Å². The highest BCUT2D eigenvalue weighted by Crippen LogP contribution is 2.37. The second-order valence-electron chi connectivity index (χ2n) is 8.86. The molecule has 0 bridgehead atoms. The fraction of sp³-hybridized carbons (Fsp3) is 0.214.